The highest BCUT2D eigenvalue weighted by atomic mass is 16.5. The largest absolute Gasteiger partial charge is 0.497 e. The van der Waals surface area contributed by atoms with E-state index >= 15 is 0 Å². The molecule has 21 heavy (non-hydrogen) atoms. The minimum atomic E-state index is 0.478. The Morgan fingerprint density at radius 2 is 1.62 bits per heavy atom. The molecule has 6 nitrogen and oxygen atoms in total. The lowest BCUT2D eigenvalue weighted by atomic mass is 10.2. The maximum Gasteiger partial charge on any atom is 0.123 e. The molecule has 6 heteroatoms. The molecule has 2 aromatic carbocycles. The first-order valence-electron chi connectivity index (χ1n) is 6.18. The maximum absolute atomic E-state index is 8.54. The Balaban J connectivity index is 2.35. The van der Waals surface area contributed by atoms with Crippen molar-refractivity contribution in [3.05, 3.63) is 58.5 Å². The van der Waals surface area contributed by atoms with Crippen molar-refractivity contribution in [3.63, 3.8) is 0 Å². The average molecular weight is 282 g/mol. The van der Waals surface area contributed by atoms with Crippen LogP contribution in [-0.4, -0.2) is 20.4 Å². The second-order valence-corrected chi connectivity index (χ2v) is 4.08. The number of para-hydroxylation sites is 1. The Morgan fingerprint density at radius 3 is 2.19 bits per heavy atom. The Hall–Kier alpha value is -2.98. The van der Waals surface area contributed by atoms with Crippen LogP contribution >= 0.6 is 0 Å². The monoisotopic (exact) mass is 282 g/mol. The number of ether oxygens (including phenoxy) is 2. The zero-order chi connectivity index (χ0) is 15.1. The van der Waals surface area contributed by atoms with Crippen LogP contribution < -0.4 is 9.47 Å². The van der Waals surface area contributed by atoms with Crippen LogP contribution in [0.3, 0.4) is 0 Å². The van der Waals surface area contributed by atoms with Crippen molar-refractivity contribution in [2.45, 2.75) is 0 Å². The van der Waals surface area contributed by atoms with E-state index in [4.69, 9.17) is 15.0 Å². The summed E-state index contributed by atoms with van der Waals surface area (Å²) in [6, 6.07) is 12.6. The standard InChI is InChI=1S/C15H14N4O2/c1-20-12-7-11(8-13(9-12)21-2)10-17-14-5-3-4-6-15(14)18-19-16/h3-10H,1-2H3. The molecule has 106 valence electrons. The van der Waals surface area contributed by atoms with E-state index in [0.717, 1.165) is 5.56 Å². The van der Waals surface area contributed by atoms with Crippen LogP contribution in [0, 0.1) is 0 Å². The van der Waals surface area contributed by atoms with Gasteiger partial charge in [-0.05, 0) is 23.7 Å². The molecule has 2 aromatic rings. The summed E-state index contributed by atoms with van der Waals surface area (Å²) in [6.07, 6.45) is 1.66. The average Bonchev–Trinajstić information content (AvgIpc) is 2.54. The lowest BCUT2D eigenvalue weighted by Gasteiger charge is -2.05. The van der Waals surface area contributed by atoms with Crippen LogP contribution in [0.5, 0.6) is 11.5 Å². The predicted molar refractivity (Wildman–Crippen MR) is 82.0 cm³/mol. The fourth-order valence-electron chi connectivity index (χ4n) is 1.75. The van der Waals surface area contributed by atoms with Gasteiger partial charge < -0.3 is 9.47 Å². The van der Waals surface area contributed by atoms with Gasteiger partial charge >= 0.3 is 0 Å². The number of aliphatic imine (C=N–C) groups is 1. The molecule has 0 amide bonds. The highest BCUT2D eigenvalue weighted by Crippen LogP contribution is 2.28. The summed E-state index contributed by atoms with van der Waals surface area (Å²) >= 11 is 0. The van der Waals surface area contributed by atoms with E-state index < -0.39 is 0 Å². The summed E-state index contributed by atoms with van der Waals surface area (Å²) in [4.78, 5) is 7.13. The van der Waals surface area contributed by atoms with Crippen molar-refractivity contribution >= 4 is 17.6 Å². The SMILES string of the molecule is COc1cc(C=Nc2ccccc2N=[N+]=[N-])cc(OC)c1. The van der Waals surface area contributed by atoms with Gasteiger partial charge in [-0.25, -0.2) is 0 Å². The first-order chi connectivity index (χ1) is 10.3. The van der Waals surface area contributed by atoms with Crippen molar-refractivity contribution in [1.82, 2.24) is 0 Å². The molecule has 0 saturated carbocycles. The third-order valence-electron chi connectivity index (χ3n) is 2.76. The molecule has 0 spiro atoms. The van der Waals surface area contributed by atoms with Gasteiger partial charge in [0.1, 0.15) is 11.5 Å². The minimum absolute atomic E-state index is 0.478. The maximum atomic E-state index is 8.54. The number of rotatable bonds is 5. The molecule has 0 fully saturated rings. The molecule has 0 atom stereocenters. The number of nitrogens with zero attached hydrogens (tertiary/aromatic N) is 4. The van der Waals surface area contributed by atoms with Gasteiger partial charge in [-0.15, -0.1) is 0 Å². The Labute approximate surface area is 122 Å². The summed E-state index contributed by atoms with van der Waals surface area (Å²) in [5.41, 5.74) is 10.4. The molecule has 0 aromatic heterocycles. The Morgan fingerprint density at radius 1 is 1.00 bits per heavy atom. The zero-order valence-electron chi connectivity index (χ0n) is 11.7. The molecule has 0 aliphatic carbocycles. The molecule has 0 radical (unpaired) electrons. The molecule has 2 rings (SSSR count). The Bertz CT molecular complexity index is 684. The van der Waals surface area contributed by atoms with E-state index in [-0.39, 0.29) is 0 Å². The van der Waals surface area contributed by atoms with Crippen molar-refractivity contribution < 1.29 is 9.47 Å². The zero-order valence-corrected chi connectivity index (χ0v) is 11.7. The van der Waals surface area contributed by atoms with E-state index in [1.807, 2.05) is 18.2 Å². The van der Waals surface area contributed by atoms with Crippen molar-refractivity contribution in [2.24, 2.45) is 10.1 Å². The normalized spacial score (nSPS) is 10.2. The summed E-state index contributed by atoms with van der Waals surface area (Å²) in [5, 5.41) is 3.60. The van der Waals surface area contributed by atoms with Gasteiger partial charge in [0.15, 0.2) is 0 Å². The first-order valence-corrected chi connectivity index (χ1v) is 6.18. The van der Waals surface area contributed by atoms with Crippen LogP contribution in [0.2, 0.25) is 0 Å². The van der Waals surface area contributed by atoms with Gasteiger partial charge in [0.2, 0.25) is 0 Å². The van der Waals surface area contributed by atoms with Crippen LogP contribution in [0.4, 0.5) is 11.4 Å². The van der Waals surface area contributed by atoms with Gasteiger partial charge in [-0.2, -0.15) is 0 Å². The van der Waals surface area contributed by atoms with E-state index in [1.54, 1.807) is 44.7 Å². The third-order valence-corrected chi connectivity index (χ3v) is 2.76. The molecule has 0 aliphatic rings. The van der Waals surface area contributed by atoms with E-state index in [0.29, 0.717) is 22.9 Å². The number of methoxy groups -OCH3 is 2. The van der Waals surface area contributed by atoms with E-state index in [1.165, 1.54) is 0 Å². The number of hydrogen-bond acceptors (Lipinski definition) is 4. The van der Waals surface area contributed by atoms with Crippen molar-refractivity contribution in [2.75, 3.05) is 14.2 Å². The second kappa shape index (κ2) is 6.98. The van der Waals surface area contributed by atoms with Gasteiger partial charge in [0, 0.05) is 22.8 Å². The summed E-state index contributed by atoms with van der Waals surface area (Å²) < 4.78 is 10.4. The third kappa shape index (κ3) is 3.75. The van der Waals surface area contributed by atoms with E-state index in [9.17, 15) is 0 Å². The van der Waals surface area contributed by atoms with Crippen molar-refractivity contribution in [1.29, 1.82) is 0 Å². The summed E-state index contributed by atoms with van der Waals surface area (Å²) in [5.74, 6) is 1.36. The number of hydrogen-bond donors (Lipinski definition) is 0. The lowest BCUT2D eigenvalue weighted by Crippen LogP contribution is -1.90. The molecular weight excluding hydrogens is 268 g/mol. The van der Waals surface area contributed by atoms with Crippen LogP contribution in [0.1, 0.15) is 5.56 Å². The quantitative estimate of drug-likeness (QED) is 0.352. The molecular formula is C15H14N4O2. The number of azide groups is 1. The molecule has 0 unspecified atom stereocenters. The highest BCUT2D eigenvalue weighted by molar-refractivity contribution is 5.84. The van der Waals surface area contributed by atoms with Gasteiger partial charge in [0.25, 0.3) is 0 Å². The van der Waals surface area contributed by atoms with Gasteiger partial charge in [-0.3, -0.25) is 4.99 Å². The smallest absolute Gasteiger partial charge is 0.123 e. The highest BCUT2D eigenvalue weighted by Gasteiger charge is 2.01. The fourth-order valence-corrected chi connectivity index (χ4v) is 1.75. The molecule has 0 N–H and O–H groups in total. The molecule has 0 aliphatic heterocycles. The molecule has 0 bridgehead atoms. The van der Waals surface area contributed by atoms with Gasteiger partial charge in [-0.1, -0.05) is 23.3 Å². The summed E-state index contributed by atoms with van der Waals surface area (Å²) in [6.45, 7) is 0. The predicted octanol–water partition coefficient (Wildman–Crippen LogP) is 4.40. The van der Waals surface area contributed by atoms with Crippen LogP contribution in [0.15, 0.2) is 52.6 Å². The Kier molecular flexibility index (Phi) is 4.79. The second-order valence-electron chi connectivity index (χ2n) is 4.08. The minimum Gasteiger partial charge on any atom is -0.497 e. The van der Waals surface area contributed by atoms with Gasteiger partial charge in [0.05, 0.1) is 25.6 Å². The topological polar surface area (TPSA) is 79.6 Å². The van der Waals surface area contributed by atoms with E-state index in [2.05, 4.69) is 15.0 Å². The number of benzene rings is 2. The van der Waals surface area contributed by atoms with Crippen LogP contribution in [0.25, 0.3) is 10.4 Å². The van der Waals surface area contributed by atoms with Crippen LogP contribution in [-0.2, 0) is 0 Å². The summed E-state index contributed by atoms with van der Waals surface area (Å²) in [7, 11) is 3.18. The van der Waals surface area contributed by atoms with Crippen molar-refractivity contribution in [3.8, 4) is 11.5 Å². The fraction of sp³-hybridized carbons (Fsp3) is 0.133. The first kappa shape index (κ1) is 14.4. The molecule has 0 saturated heterocycles. The molecule has 0 heterocycles. The lowest BCUT2D eigenvalue weighted by molar-refractivity contribution is 0.394.